The van der Waals surface area contributed by atoms with Crippen molar-refractivity contribution in [2.45, 2.75) is 7.74 Å². The van der Waals surface area contributed by atoms with Gasteiger partial charge in [0.05, 0.1) is 0 Å². The largest absolute Gasteiger partial charge is 0.375 e. The number of hydrogen-bond donors (Lipinski definition) is 1. The summed E-state index contributed by atoms with van der Waals surface area (Å²) in [5.41, 5.74) is -1.16. The van der Waals surface area contributed by atoms with E-state index in [0.29, 0.717) is 11.8 Å². The van der Waals surface area contributed by atoms with E-state index in [1.165, 1.54) is 0 Å². The Balaban J connectivity index is 3.22. The highest BCUT2D eigenvalue weighted by molar-refractivity contribution is 9.39. The van der Waals surface area contributed by atoms with Crippen LogP contribution in [0, 0.1) is 0 Å². The number of aliphatic hydroxyl groups is 1. The summed E-state index contributed by atoms with van der Waals surface area (Å²) in [5, 5.41) is 10.1. The van der Waals surface area contributed by atoms with Gasteiger partial charge < -0.3 is 5.11 Å². The Kier molecular flexibility index (Phi) is 3.91. The van der Waals surface area contributed by atoms with Crippen LogP contribution in [-0.4, -0.2) is 13.5 Å². The van der Waals surface area contributed by atoms with Crippen LogP contribution in [0.15, 0.2) is 30.3 Å². The van der Waals surface area contributed by atoms with Crippen LogP contribution < -0.4 is 0 Å². The molecule has 0 heterocycles. The van der Waals surface area contributed by atoms with Crippen molar-refractivity contribution in [3.05, 3.63) is 35.9 Å². The highest BCUT2D eigenvalue weighted by Crippen LogP contribution is 2.48. The lowest BCUT2D eigenvalue weighted by atomic mass is 9.98. The molecule has 14 heavy (non-hydrogen) atoms. The molecule has 0 saturated carbocycles. The standard InChI is InChI=1S/C9H7Br3O2/c10-9(11,12)8(14,6-13)7-4-2-1-3-5-7/h1-6,14H. The first kappa shape index (κ1) is 12.4. The minimum absolute atomic E-state index is 0.473. The zero-order chi connectivity index (χ0) is 10.8. The van der Waals surface area contributed by atoms with Crippen LogP contribution in [-0.2, 0) is 10.4 Å². The number of alkyl halides is 3. The maximum Gasteiger partial charge on any atom is 0.180 e. The van der Waals surface area contributed by atoms with Crippen molar-refractivity contribution in [2.24, 2.45) is 0 Å². The van der Waals surface area contributed by atoms with Crippen LogP contribution in [0.2, 0.25) is 0 Å². The van der Waals surface area contributed by atoms with E-state index in [1.807, 2.05) is 6.07 Å². The fraction of sp³-hybridized carbons (Fsp3) is 0.222. The second-order valence-electron chi connectivity index (χ2n) is 2.75. The van der Waals surface area contributed by atoms with Gasteiger partial charge in [0.1, 0.15) is 0 Å². The van der Waals surface area contributed by atoms with E-state index >= 15 is 0 Å². The molecule has 1 unspecified atom stereocenters. The molecule has 0 aliphatic rings. The highest BCUT2D eigenvalue weighted by atomic mass is 80.0. The maximum atomic E-state index is 10.9. The van der Waals surface area contributed by atoms with Crippen LogP contribution in [0.3, 0.4) is 0 Å². The molecular weight excluding hydrogens is 380 g/mol. The van der Waals surface area contributed by atoms with Gasteiger partial charge in [0, 0.05) is 0 Å². The molecule has 1 N–H and O–H groups in total. The van der Waals surface area contributed by atoms with E-state index in [9.17, 15) is 9.90 Å². The number of hydrogen-bond acceptors (Lipinski definition) is 2. The summed E-state index contributed by atoms with van der Waals surface area (Å²) in [6.45, 7) is 0. The first-order chi connectivity index (χ1) is 6.42. The highest BCUT2D eigenvalue weighted by Gasteiger charge is 2.46. The Bertz CT molecular complexity index is 321. The van der Waals surface area contributed by atoms with Gasteiger partial charge in [-0.05, 0) is 5.56 Å². The van der Waals surface area contributed by atoms with Gasteiger partial charge in [-0.1, -0.05) is 78.1 Å². The molecule has 0 aliphatic carbocycles. The molecule has 0 aliphatic heterocycles. The van der Waals surface area contributed by atoms with Crippen LogP contribution in [0.5, 0.6) is 0 Å². The molecule has 1 atom stereocenters. The van der Waals surface area contributed by atoms with Gasteiger partial charge in [0.2, 0.25) is 0 Å². The predicted octanol–water partition coefficient (Wildman–Crippen LogP) is 2.91. The number of carbonyl (C=O) groups excluding carboxylic acids is 1. The third-order valence-electron chi connectivity index (χ3n) is 1.82. The molecule has 0 bridgehead atoms. The van der Waals surface area contributed by atoms with Gasteiger partial charge in [0.25, 0.3) is 0 Å². The van der Waals surface area contributed by atoms with E-state index in [2.05, 4.69) is 47.8 Å². The lowest BCUT2D eigenvalue weighted by molar-refractivity contribution is -0.123. The molecular formula is C9H7Br3O2. The molecule has 0 spiro atoms. The summed E-state index contributed by atoms with van der Waals surface area (Å²) in [7, 11) is 0. The summed E-state index contributed by atoms with van der Waals surface area (Å²) in [6.07, 6.45) is 0.473. The van der Waals surface area contributed by atoms with E-state index in [1.54, 1.807) is 24.3 Å². The molecule has 1 aromatic rings. The number of rotatable bonds is 2. The monoisotopic (exact) mass is 384 g/mol. The normalized spacial score (nSPS) is 16.0. The van der Waals surface area contributed by atoms with E-state index < -0.39 is 7.74 Å². The summed E-state index contributed by atoms with van der Waals surface area (Å²) in [5.74, 6) is 0. The summed E-state index contributed by atoms with van der Waals surface area (Å²) >= 11 is 9.45. The third-order valence-corrected chi connectivity index (χ3v) is 3.63. The van der Waals surface area contributed by atoms with Crippen LogP contribution in [0.1, 0.15) is 5.56 Å². The summed E-state index contributed by atoms with van der Waals surface area (Å²) in [6, 6.07) is 8.66. The Morgan fingerprint density at radius 1 is 1.14 bits per heavy atom. The van der Waals surface area contributed by atoms with Crippen molar-refractivity contribution in [2.75, 3.05) is 0 Å². The zero-order valence-electron chi connectivity index (χ0n) is 6.95. The van der Waals surface area contributed by atoms with Gasteiger partial charge in [-0.25, -0.2) is 0 Å². The van der Waals surface area contributed by atoms with E-state index in [4.69, 9.17) is 0 Å². The van der Waals surface area contributed by atoms with Crippen molar-refractivity contribution in [1.29, 1.82) is 0 Å². The predicted molar refractivity (Wildman–Crippen MR) is 65.9 cm³/mol. The van der Waals surface area contributed by atoms with Crippen LogP contribution >= 0.6 is 47.8 Å². The van der Waals surface area contributed by atoms with Gasteiger partial charge in [-0.2, -0.15) is 0 Å². The maximum absolute atomic E-state index is 10.9. The van der Waals surface area contributed by atoms with Crippen molar-refractivity contribution < 1.29 is 9.90 Å². The zero-order valence-corrected chi connectivity index (χ0v) is 11.7. The van der Waals surface area contributed by atoms with Crippen molar-refractivity contribution >= 4 is 54.1 Å². The second kappa shape index (κ2) is 4.43. The SMILES string of the molecule is O=CC(O)(c1ccccc1)C(Br)(Br)Br. The van der Waals surface area contributed by atoms with Crippen molar-refractivity contribution in [3.8, 4) is 0 Å². The molecule has 5 heteroatoms. The topological polar surface area (TPSA) is 37.3 Å². The molecule has 0 fully saturated rings. The molecule has 1 rings (SSSR count). The van der Waals surface area contributed by atoms with Gasteiger partial charge in [0.15, 0.2) is 14.0 Å². The van der Waals surface area contributed by atoms with E-state index in [-0.39, 0.29) is 0 Å². The first-order valence-electron chi connectivity index (χ1n) is 3.73. The molecule has 0 saturated heterocycles. The Labute approximate surface area is 107 Å². The average molecular weight is 387 g/mol. The smallest absolute Gasteiger partial charge is 0.180 e. The third kappa shape index (κ3) is 2.27. The number of benzene rings is 1. The Morgan fingerprint density at radius 3 is 2.00 bits per heavy atom. The van der Waals surface area contributed by atoms with Gasteiger partial charge in [-0.3, -0.25) is 4.79 Å². The van der Waals surface area contributed by atoms with Crippen molar-refractivity contribution in [1.82, 2.24) is 0 Å². The van der Waals surface area contributed by atoms with Crippen molar-refractivity contribution in [3.63, 3.8) is 0 Å². The van der Waals surface area contributed by atoms with E-state index in [0.717, 1.165) is 0 Å². The minimum Gasteiger partial charge on any atom is -0.375 e. The Morgan fingerprint density at radius 2 is 1.64 bits per heavy atom. The van der Waals surface area contributed by atoms with Gasteiger partial charge in [-0.15, -0.1) is 0 Å². The van der Waals surface area contributed by atoms with Gasteiger partial charge >= 0.3 is 0 Å². The Hall–Kier alpha value is 0.290. The summed E-state index contributed by atoms with van der Waals surface area (Å²) in [4.78, 5) is 10.9. The second-order valence-corrected chi connectivity index (χ2v) is 9.51. The minimum atomic E-state index is -1.66. The number of carbonyl (C=O) groups is 1. The fourth-order valence-electron chi connectivity index (χ4n) is 0.991. The summed E-state index contributed by atoms with van der Waals surface area (Å²) < 4.78 is -1.07. The first-order valence-corrected chi connectivity index (χ1v) is 6.10. The fourth-order valence-corrected chi connectivity index (χ4v) is 1.96. The molecule has 76 valence electrons. The molecule has 0 amide bonds. The van der Waals surface area contributed by atoms with Crippen LogP contribution in [0.25, 0.3) is 0 Å². The quantitative estimate of drug-likeness (QED) is 0.627. The number of halogens is 3. The average Bonchev–Trinajstić information content (AvgIpc) is 2.16. The molecule has 2 nitrogen and oxygen atoms in total. The lowest BCUT2D eigenvalue weighted by Gasteiger charge is -2.30. The molecule has 0 aromatic heterocycles. The van der Waals surface area contributed by atoms with Crippen LogP contribution in [0.4, 0.5) is 0 Å². The lowest BCUT2D eigenvalue weighted by Crippen LogP contribution is -2.40. The molecule has 0 radical (unpaired) electrons. The molecule has 1 aromatic carbocycles. The number of aldehydes is 1.